The lowest BCUT2D eigenvalue weighted by Crippen LogP contribution is -2.16. The Kier molecular flexibility index (Phi) is 5.58. The van der Waals surface area contributed by atoms with Gasteiger partial charge >= 0.3 is 0 Å². The molecule has 7 heteroatoms. The van der Waals surface area contributed by atoms with Gasteiger partial charge in [-0.3, -0.25) is 9.59 Å². The Bertz CT molecular complexity index is 766. The number of hydrogen-bond acceptors (Lipinski definition) is 2. The Balaban J connectivity index is 2.11. The Labute approximate surface area is 142 Å². The van der Waals surface area contributed by atoms with Crippen LogP contribution >= 0.6 is 23.2 Å². The Morgan fingerprint density at radius 1 is 1.09 bits per heavy atom. The fraction of sp³-hybridized carbons (Fsp3) is 0.125. The highest BCUT2D eigenvalue weighted by molar-refractivity contribution is 6.35. The van der Waals surface area contributed by atoms with Crippen molar-refractivity contribution in [2.75, 3.05) is 10.6 Å². The molecular formula is C16H13Cl2FN2O2. The van der Waals surface area contributed by atoms with Crippen LogP contribution in [0.5, 0.6) is 0 Å². The maximum absolute atomic E-state index is 13.8. The van der Waals surface area contributed by atoms with Gasteiger partial charge in [0.25, 0.3) is 0 Å². The third kappa shape index (κ3) is 4.94. The molecule has 0 aromatic heterocycles. The number of halogens is 3. The molecule has 0 spiro atoms. The molecule has 2 aromatic carbocycles. The minimum Gasteiger partial charge on any atom is -0.326 e. The van der Waals surface area contributed by atoms with Gasteiger partial charge in [0.15, 0.2) is 0 Å². The van der Waals surface area contributed by atoms with Crippen molar-refractivity contribution in [1.29, 1.82) is 0 Å². The van der Waals surface area contributed by atoms with E-state index in [2.05, 4.69) is 10.6 Å². The van der Waals surface area contributed by atoms with Gasteiger partial charge in [0.2, 0.25) is 11.8 Å². The molecule has 0 aliphatic carbocycles. The van der Waals surface area contributed by atoms with Gasteiger partial charge in [0.1, 0.15) is 5.82 Å². The lowest BCUT2D eigenvalue weighted by molar-refractivity contribution is -0.116. The van der Waals surface area contributed by atoms with E-state index in [9.17, 15) is 14.0 Å². The molecule has 2 aromatic rings. The van der Waals surface area contributed by atoms with Crippen molar-refractivity contribution in [3.63, 3.8) is 0 Å². The smallest absolute Gasteiger partial charge is 0.228 e. The SMILES string of the molecule is CC(=O)Nc1ccc(F)c(NC(=O)Cc2ccc(Cl)cc2Cl)c1. The van der Waals surface area contributed by atoms with Crippen molar-refractivity contribution in [2.24, 2.45) is 0 Å². The predicted molar refractivity (Wildman–Crippen MR) is 89.5 cm³/mol. The first-order valence-electron chi connectivity index (χ1n) is 6.66. The molecule has 0 atom stereocenters. The fourth-order valence-electron chi connectivity index (χ4n) is 1.93. The molecule has 0 radical (unpaired) electrons. The third-order valence-corrected chi connectivity index (χ3v) is 3.51. The Morgan fingerprint density at radius 3 is 2.48 bits per heavy atom. The summed E-state index contributed by atoms with van der Waals surface area (Å²) in [7, 11) is 0. The van der Waals surface area contributed by atoms with Crippen molar-refractivity contribution in [2.45, 2.75) is 13.3 Å². The molecule has 2 N–H and O–H groups in total. The maximum Gasteiger partial charge on any atom is 0.228 e. The molecule has 0 unspecified atom stereocenters. The molecule has 0 saturated heterocycles. The zero-order valence-electron chi connectivity index (χ0n) is 12.1. The van der Waals surface area contributed by atoms with Crippen LogP contribution in [-0.2, 0) is 16.0 Å². The zero-order valence-corrected chi connectivity index (χ0v) is 13.6. The van der Waals surface area contributed by atoms with E-state index in [1.807, 2.05) is 0 Å². The van der Waals surface area contributed by atoms with Crippen LogP contribution in [0.2, 0.25) is 10.0 Å². The predicted octanol–water partition coefficient (Wildman–Crippen LogP) is 4.27. The number of hydrogen-bond donors (Lipinski definition) is 2. The summed E-state index contributed by atoms with van der Waals surface area (Å²) in [4.78, 5) is 23.1. The van der Waals surface area contributed by atoms with Gasteiger partial charge in [-0.25, -0.2) is 4.39 Å². The topological polar surface area (TPSA) is 58.2 Å². The van der Waals surface area contributed by atoms with Crippen LogP contribution < -0.4 is 10.6 Å². The van der Waals surface area contributed by atoms with Crippen LogP contribution in [0.4, 0.5) is 15.8 Å². The Morgan fingerprint density at radius 2 is 1.83 bits per heavy atom. The average molecular weight is 355 g/mol. The van der Waals surface area contributed by atoms with E-state index in [0.29, 0.717) is 21.3 Å². The summed E-state index contributed by atoms with van der Waals surface area (Å²) in [5, 5.41) is 5.80. The summed E-state index contributed by atoms with van der Waals surface area (Å²) >= 11 is 11.8. The van der Waals surface area contributed by atoms with Crippen LogP contribution in [0.25, 0.3) is 0 Å². The standard InChI is InChI=1S/C16H13Cl2FN2O2/c1-9(22)20-12-4-5-14(19)15(8-12)21-16(23)6-10-2-3-11(17)7-13(10)18/h2-5,7-8H,6H2,1H3,(H,20,22)(H,21,23). The molecular weight excluding hydrogens is 342 g/mol. The monoisotopic (exact) mass is 354 g/mol. The van der Waals surface area contributed by atoms with E-state index < -0.39 is 11.7 Å². The second-order valence-electron chi connectivity index (χ2n) is 4.84. The average Bonchev–Trinajstić information content (AvgIpc) is 2.45. The van der Waals surface area contributed by atoms with Crippen LogP contribution in [0.15, 0.2) is 36.4 Å². The van der Waals surface area contributed by atoms with Crippen molar-refractivity contribution in [3.8, 4) is 0 Å². The van der Waals surface area contributed by atoms with Crippen LogP contribution in [-0.4, -0.2) is 11.8 Å². The van der Waals surface area contributed by atoms with Crippen LogP contribution in [0.1, 0.15) is 12.5 Å². The first-order valence-corrected chi connectivity index (χ1v) is 7.41. The second kappa shape index (κ2) is 7.44. The lowest BCUT2D eigenvalue weighted by atomic mass is 10.1. The first-order chi connectivity index (χ1) is 10.8. The number of carbonyl (C=O) groups excluding carboxylic acids is 2. The summed E-state index contributed by atoms with van der Waals surface area (Å²) in [6.07, 6.45) is -0.0280. The molecule has 120 valence electrons. The fourth-order valence-corrected chi connectivity index (χ4v) is 2.41. The van der Waals surface area contributed by atoms with Crippen molar-refractivity contribution < 1.29 is 14.0 Å². The molecule has 0 heterocycles. The van der Waals surface area contributed by atoms with Gasteiger partial charge < -0.3 is 10.6 Å². The second-order valence-corrected chi connectivity index (χ2v) is 5.68. The molecule has 0 bridgehead atoms. The molecule has 2 rings (SSSR count). The third-order valence-electron chi connectivity index (χ3n) is 2.93. The highest BCUT2D eigenvalue weighted by Gasteiger charge is 2.11. The first kappa shape index (κ1) is 17.2. The minimum absolute atomic E-state index is 0.0219. The number of anilines is 2. The minimum atomic E-state index is -0.602. The number of carbonyl (C=O) groups is 2. The van der Waals surface area contributed by atoms with E-state index in [1.54, 1.807) is 12.1 Å². The largest absolute Gasteiger partial charge is 0.326 e. The molecule has 0 aliphatic rings. The van der Waals surface area contributed by atoms with Gasteiger partial charge in [-0.1, -0.05) is 29.3 Å². The van der Waals surface area contributed by atoms with Crippen molar-refractivity contribution >= 4 is 46.4 Å². The number of rotatable bonds is 4. The summed E-state index contributed by atoms with van der Waals surface area (Å²) in [5.74, 6) is -1.33. The van der Waals surface area contributed by atoms with Gasteiger partial charge in [-0.15, -0.1) is 0 Å². The van der Waals surface area contributed by atoms with E-state index in [4.69, 9.17) is 23.2 Å². The van der Waals surface area contributed by atoms with Crippen LogP contribution in [0.3, 0.4) is 0 Å². The lowest BCUT2D eigenvalue weighted by Gasteiger charge is -2.10. The normalized spacial score (nSPS) is 10.3. The van der Waals surface area contributed by atoms with Crippen LogP contribution in [0, 0.1) is 5.82 Å². The molecule has 0 fully saturated rings. The van der Waals surface area contributed by atoms with E-state index in [0.717, 1.165) is 6.07 Å². The maximum atomic E-state index is 13.8. The summed E-state index contributed by atoms with van der Waals surface area (Å²) in [6.45, 7) is 1.34. The number of benzene rings is 2. The molecule has 0 saturated carbocycles. The molecule has 23 heavy (non-hydrogen) atoms. The summed E-state index contributed by atoms with van der Waals surface area (Å²) in [5.41, 5.74) is 0.942. The summed E-state index contributed by atoms with van der Waals surface area (Å²) < 4.78 is 13.8. The van der Waals surface area contributed by atoms with E-state index >= 15 is 0 Å². The van der Waals surface area contributed by atoms with Gasteiger partial charge in [-0.2, -0.15) is 0 Å². The summed E-state index contributed by atoms with van der Waals surface area (Å²) in [6, 6.07) is 8.70. The highest BCUT2D eigenvalue weighted by atomic mass is 35.5. The van der Waals surface area contributed by atoms with Gasteiger partial charge in [0.05, 0.1) is 12.1 Å². The quantitative estimate of drug-likeness (QED) is 0.861. The van der Waals surface area contributed by atoms with Gasteiger partial charge in [-0.05, 0) is 35.9 Å². The Hall–Kier alpha value is -2.11. The van der Waals surface area contributed by atoms with E-state index in [1.165, 1.54) is 25.1 Å². The van der Waals surface area contributed by atoms with E-state index in [-0.39, 0.29) is 18.0 Å². The molecule has 4 nitrogen and oxygen atoms in total. The van der Waals surface area contributed by atoms with Crippen molar-refractivity contribution in [1.82, 2.24) is 0 Å². The molecule has 2 amide bonds. The van der Waals surface area contributed by atoms with Gasteiger partial charge in [0, 0.05) is 22.7 Å². The number of amides is 2. The van der Waals surface area contributed by atoms with Crippen molar-refractivity contribution in [3.05, 3.63) is 57.8 Å². The number of nitrogens with one attached hydrogen (secondary N) is 2. The zero-order chi connectivity index (χ0) is 17.0. The molecule has 0 aliphatic heterocycles. The highest BCUT2D eigenvalue weighted by Crippen LogP contribution is 2.23.